The Morgan fingerprint density at radius 1 is 1.12 bits per heavy atom. The third-order valence-electron chi connectivity index (χ3n) is 5.65. The quantitative estimate of drug-likeness (QED) is 0.451. The minimum atomic E-state index is 0.00898. The van der Waals surface area contributed by atoms with E-state index in [-0.39, 0.29) is 6.03 Å². The van der Waals surface area contributed by atoms with E-state index in [1.807, 2.05) is 34.8 Å². The van der Waals surface area contributed by atoms with Gasteiger partial charge in [0.05, 0.1) is 29.3 Å². The fraction of sp³-hybridized carbons (Fsp3) is 0.478. The van der Waals surface area contributed by atoms with Crippen LogP contribution in [-0.2, 0) is 0 Å². The number of hydrogen-bond donors (Lipinski definition) is 3. The molecule has 3 N–H and O–H groups in total. The highest BCUT2D eigenvalue weighted by atomic mass is 16.2. The van der Waals surface area contributed by atoms with Gasteiger partial charge in [0, 0.05) is 69.8 Å². The molecule has 1 aliphatic heterocycles. The number of urea groups is 1. The van der Waals surface area contributed by atoms with Gasteiger partial charge in [0.25, 0.3) is 0 Å². The Morgan fingerprint density at radius 3 is 2.64 bits per heavy atom. The minimum Gasteiger partial charge on any atom is -0.368 e. The summed E-state index contributed by atoms with van der Waals surface area (Å²) in [6.45, 7) is 11.5. The second kappa shape index (κ2) is 10.5. The van der Waals surface area contributed by atoms with Crippen LogP contribution in [0.25, 0.3) is 16.8 Å². The van der Waals surface area contributed by atoms with Gasteiger partial charge in [-0.25, -0.2) is 14.3 Å². The summed E-state index contributed by atoms with van der Waals surface area (Å²) < 4.78 is 1.88. The summed E-state index contributed by atoms with van der Waals surface area (Å²) in [6, 6.07) is 4.61. The Balaban J connectivity index is 1.44. The number of piperazine rings is 1. The first-order valence-electron chi connectivity index (χ1n) is 11.6. The van der Waals surface area contributed by atoms with E-state index in [1.165, 1.54) is 0 Å². The highest BCUT2D eigenvalue weighted by Crippen LogP contribution is 2.28. The van der Waals surface area contributed by atoms with Gasteiger partial charge in [-0.15, -0.1) is 0 Å². The average molecular weight is 452 g/mol. The van der Waals surface area contributed by atoms with Crippen molar-refractivity contribution in [2.24, 2.45) is 0 Å². The highest BCUT2D eigenvalue weighted by Gasteiger charge is 2.22. The van der Waals surface area contributed by atoms with Gasteiger partial charge in [-0.05, 0) is 19.1 Å². The summed E-state index contributed by atoms with van der Waals surface area (Å²) in [5, 5.41) is 14.0. The lowest BCUT2D eigenvalue weighted by Gasteiger charge is -2.36. The number of amides is 2. The molecule has 0 radical (unpaired) electrons. The minimum absolute atomic E-state index is 0.00898. The molecule has 176 valence electrons. The van der Waals surface area contributed by atoms with Crippen LogP contribution in [0.5, 0.6) is 0 Å². The molecular formula is C23H33N9O. The van der Waals surface area contributed by atoms with Crippen molar-refractivity contribution in [2.45, 2.75) is 26.8 Å². The summed E-state index contributed by atoms with van der Waals surface area (Å²) in [5.74, 6) is 0.761. The summed E-state index contributed by atoms with van der Waals surface area (Å²) in [4.78, 5) is 25.4. The van der Waals surface area contributed by atoms with Gasteiger partial charge in [-0.2, -0.15) is 5.10 Å². The van der Waals surface area contributed by atoms with Crippen molar-refractivity contribution in [1.29, 1.82) is 0 Å². The third kappa shape index (κ3) is 5.51. The summed E-state index contributed by atoms with van der Waals surface area (Å²) in [7, 11) is 0. The monoisotopic (exact) mass is 451 g/mol. The Bertz CT molecular complexity index is 1060. The number of rotatable bonds is 8. The van der Waals surface area contributed by atoms with E-state index in [9.17, 15) is 4.79 Å². The number of hydrogen-bond acceptors (Lipinski definition) is 7. The van der Waals surface area contributed by atoms with E-state index >= 15 is 0 Å². The first-order valence-corrected chi connectivity index (χ1v) is 11.6. The van der Waals surface area contributed by atoms with Gasteiger partial charge < -0.3 is 25.8 Å². The van der Waals surface area contributed by atoms with Crippen LogP contribution in [0.15, 0.2) is 36.9 Å². The maximum Gasteiger partial charge on any atom is 0.317 e. The molecule has 4 rings (SSSR count). The van der Waals surface area contributed by atoms with Crippen LogP contribution in [-0.4, -0.2) is 82.4 Å². The van der Waals surface area contributed by atoms with Gasteiger partial charge >= 0.3 is 6.03 Å². The molecule has 0 aliphatic carbocycles. The number of aromatic nitrogens is 4. The molecule has 3 aromatic heterocycles. The van der Waals surface area contributed by atoms with Crippen LogP contribution >= 0.6 is 0 Å². The van der Waals surface area contributed by atoms with Gasteiger partial charge in [-0.3, -0.25) is 4.98 Å². The van der Waals surface area contributed by atoms with Crippen LogP contribution in [0.1, 0.15) is 20.8 Å². The van der Waals surface area contributed by atoms with E-state index in [0.29, 0.717) is 25.7 Å². The average Bonchev–Trinajstić information content (AvgIpc) is 3.27. The molecule has 1 aliphatic rings. The lowest BCUT2D eigenvalue weighted by atomic mass is 10.2. The molecule has 4 heterocycles. The maximum atomic E-state index is 12.1. The van der Waals surface area contributed by atoms with Crippen LogP contribution in [0, 0.1) is 0 Å². The number of nitrogens with one attached hydrogen (secondary N) is 3. The van der Waals surface area contributed by atoms with Crippen molar-refractivity contribution >= 4 is 23.1 Å². The summed E-state index contributed by atoms with van der Waals surface area (Å²) >= 11 is 0. The molecule has 0 bridgehead atoms. The molecule has 0 unspecified atom stereocenters. The first kappa shape index (κ1) is 22.8. The number of anilines is 2. The second-order valence-electron chi connectivity index (χ2n) is 8.41. The Kier molecular flexibility index (Phi) is 7.23. The van der Waals surface area contributed by atoms with Gasteiger partial charge in [0.15, 0.2) is 0 Å². The zero-order valence-electron chi connectivity index (χ0n) is 19.6. The molecule has 0 saturated carbocycles. The van der Waals surface area contributed by atoms with Crippen molar-refractivity contribution < 1.29 is 4.79 Å². The van der Waals surface area contributed by atoms with Crippen molar-refractivity contribution in [2.75, 3.05) is 56.0 Å². The van der Waals surface area contributed by atoms with Gasteiger partial charge in [0.1, 0.15) is 5.82 Å². The van der Waals surface area contributed by atoms with Crippen molar-refractivity contribution in [3.63, 3.8) is 0 Å². The van der Waals surface area contributed by atoms with E-state index in [4.69, 9.17) is 0 Å². The lowest BCUT2D eigenvalue weighted by molar-refractivity contribution is 0.195. The van der Waals surface area contributed by atoms with Crippen molar-refractivity contribution in [1.82, 2.24) is 35.1 Å². The largest absolute Gasteiger partial charge is 0.368 e. The predicted molar refractivity (Wildman–Crippen MR) is 131 cm³/mol. The molecular weight excluding hydrogens is 418 g/mol. The molecule has 10 heteroatoms. The zero-order valence-corrected chi connectivity index (χ0v) is 19.6. The first-order chi connectivity index (χ1) is 16.0. The normalized spacial score (nSPS) is 14.2. The van der Waals surface area contributed by atoms with Crippen molar-refractivity contribution in [3.05, 3.63) is 36.9 Å². The maximum absolute atomic E-state index is 12.1. The molecule has 0 spiro atoms. The molecule has 3 aromatic rings. The molecule has 0 atom stereocenters. The van der Waals surface area contributed by atoms with E-state index < -0.39 is 0 Å². The van der Waals surface area contributed by atoms with Crippen LogP contribution < -0.4 is 20.9 Å². The van der Waals surface area contributed by atoms with E-state index in [2.05, 4.69) is 55.8 Å². The van der Waals surface area contributed by atoms with Crippen LogP contribution in [0.2, 0.25) is 0 Å². The molecule has 10 nitrogen and oxygen atoms in total. The van der Waals surface area contributed by atoms with E-state index in [0.717, 1.165) is 54.5 Å². The summed E-state index contributed by atoms with van der Waals surface area (Å²) in [6.07, 6.45) is 7.35. The molecule has 0 aromatic carbocycles. The fourth-order valence-electron chi connectivity index (χ4n) is 3.94. The number of fused-ring (bicyclic) bond motifs is 1. The Hall–Kier alpha value is -3.40. The highest BCUT2D eigenvalue weighted by molar-refractivity contribution is 5.79. The molecule has 1 fully saturated rings. The Labute approximate surface area is 194 Å². The van der Waals surface area contributed by atoms with Gasteiger partial charge in [0.2, 0.25) is 0 Å². The third-order valence-corrected chi connectivity index (χ3v) is 5.65. The molecule has 2 amide bonds. The zero-order chi connectivity index (χ0) is 23.2. The molecule has 1 saturated heterocycles. The lowest BCUT2D eigenvalue weighted by Crippen LogP contribution is -2.51. The van der Waals surface area contributed by atoms with Crippen LogP contribution in [0.3, 0.4) is 0 Å². The summed E-state index contributed by atoms with van der Waals surface area (Å²) in [5.41, 5.74) is 3.90. The Morgan fingerprint density at radius 2 is 1.94 bits per heavy atom. The number of nitrogens with zero attached hydrogens (tertiary/aromatic N) is 6. The fourth-order valence-corrected chi connectivity index (χ4v) is 3.94. The standard InChI is InChI=1S/C23H33N9O/c1-4-24-23(33)31-11-9-30(10-12-31)20-5-6-29-32-16-18(13-21(20)32)19-14-28-22(15-27-19)26-8-7-25-17(2)3/h5-6,13-17,25H,4,7-12H2,1-3H3,(H,24,33)(H,26,28). The SMILES string of the molecule is CCNC(=O)N1CCN(c2ccnn3cc(-c4cnc(NCCNC(C)C)cn4)cc23)CC1. The van der Waals surface area contributed by atoms with Crippen molar-refractivity contribution in [3.8, 4) is 11.3 Å². The van der Waals surface area contributed by atoms with E-state index in [1.54, 1.807) is 12.4 Å². The van der Waals surface area contributed by atoms with Crippen LogP contribution in [0.4, 0.5) is 16.3 Å². The smallest absolute Gasteiger partial charge is 0.317 e. The number of carbonyl (C=O) groups excluding carboxylic acids is 1. The van der Waals surface area contributed by atoms with Gasteiger partial charge in [-0.1, -0.05) is 13.8 Å². The predicted octanol–water partition coefficient (Wildman–Crippen LogP) is 2.05. The topological polar surface area (TPSA) is 103 Å². The molecule has 33 heavy (non-hydrogen) atoms. The number of carbonyl (C=O) groups is 1. The second-order valence-corrected chi connectivity index (χ2v) is 8.41.